The molecular formula is C18H21N5O4. The average molecular weight is 371 g/mol. The Balaban J connectivity index is 1.62. The van der Waals surface area contributed by atoms with Gasteiger partial charge in [0.05, 0.1) is 37.8 Å². The van der Waals surface area contributed by atoms with Gasteiger partial charge < -0.3 is 30.4 Å². The molecule has 9 heteroatoms. The van der Waals surface area contributed by atoms with Gasteiger partial charge in [0.1, 0.15) is 17.4 Å². The molecule has 0 amide bonds. The van der Waals surface area contributed by atoms with Crippen LogP contribution in [0.1, 0.15) is 18.0 Å². The van der Waals surface area contributed by atoms with Crippen molar-refractivity contribution in [2.75, 3.05) is 12.3 Å². The SMILES string of the molecule is Nc1ncnc2c1ncn2C1C(O)CC(O)C1(O)COCc1ccccc1. The summed E-state index contributed by atoms with van der Waals surface area (Å²) in [5, 5.41) is 32.2. The van der Waals surface area contributed by atoms with Gasteiger partial charge in [-0.15, -0.1) is 0 Å². The topological polar surface area (TPSA) is 140 Å². The second-order valence-corrected chi connectivity index (χ2v) is 6.82. The first-order valence-corrected chi connectivity index (χ1v) is 8.64. The van der Waals surface area contributed by atoms with Crippen LogP contribution in [0.25, 0.3) is 11.2 Å². The van der Waals surface area contributed by atoms with Crippen molar-refractivity contribution in [3.63, 3.8) is 0 Å². The Hall–Kier alpha value is -2.59. The quantitative estimate of drug-likeness (QED) is 0.492. The van der Waals surface area contributed by atoms with Crippen LogP contribution in [0.15, 0.2) is 43.0 Å². The molecule has 1 aliphatic rings. The van der Waals surface area contributed by atoms with Crippen LogP contribution in [0.5, 0.6) is 0 Å². The monoisotopic (exact) mass is 371 g/mol. The number of aromatic nitrogens is 4. The van der Waals surface area contributed by atoms with Crippen LogP contribution in [0.4, 0.5) is 5.82 Å². The molecule has 2 aromatic heterocycles. The van der Waals surface area contributed by atoms with E-state index in [1.54, 1.807) is 0 Å². The summed E-state index contributed by atoms with van der Waals surface area (Å²) in [6.07, 6.45) is 0.571. The number of anilines is 1. The van der Waals surface area contributed by atoms with Gasteiger partial charge in [0.15, 0.2) is 11.5 Å². The molecule has 1 aliphatic carbocycles. The zero-order valence-corrected chi connectivity index (χ0v) is 14.5. The van der Waals surface area contributed by atoms with E-state index < -0.39 is 23.9 Å². The van der Waals surface area contributed by atoms with Crippen molar-refractivity contribution in [1.82, 2.24) is 19.5 Å². The van der Waals surface area contributed by atoms with Gasteiger partial charge in [-0.05, 0) is 5.56 Å². The predicted octanol–water partition coefficient (Wildman–Crippen LogP) is 0.0230. The summed E-state index contributed by atoms with van der Waals surface area (Å²) >= 11 is 0. The average Bonchev–Trinajstić information content (AvgIpc) is 3.16. The molecule has 4 unspecified atom stereocenters. The standard InChI is InChI=1S/C18H21N5O4/c19-16-14-17(21-9-20-16)23(10-22-14)15-12(24)6-13(25)18(15,26)8-27-7-11-4-2-1-3-5-11/h1-5,9-10,12-13,15,24-26H,6-8H2,(H2,19,20,21). The Labute approximate surface area is 155 Å². The van der Waals surface area contributed by atoms with E-state index in [2.05, 4.69) is 15.0 Å². The van der Waals surface area contributed by atoms with Crippen molar-refractivity contribution >= 4 is 17.0 Å². The van der Waals surface area contributed by atoms with Crippen LogP contribution in [0, 0.1) is 0 Å². The Kier molecular flexibility index (Phi) is 4.52. The lowest BCUT2D eigenvalue weighted by molar-refractivity contribution is -0.130. The maximum absolute atomic E-state index is 11.2. The number of ether oxygens (including phenoxy) is 1. The van der Waals surface area contributed by atoms with Crippen molar-refractivity contribution < 1.29 is 20.1 Å². The fourth-order valence-corrected chi connectivity index (χ4v) is 3.68. The minimum atomic E-state index is -1.71. The number of hydrogen-bond acceptors (Lipinski definition) is 8. The molecule has 5 N–H and O–H groups in total. The van der Waals surface area contributed by atoms with E-state index in [0.717, 1.165) is 5.56 Å². The largest absolute Gasteiger partial charge is 0.391 e. The Bertz CT molecular complexity index is 934. The molecule has 0 saturated heterocycles. The van der Waals surface area contributed by atoms with Crippen molar-refractivity contribution in [2.45, 2.75) is 36.9 Å². The summed E-state index contributed by atoms with van der Waals surface area (Å²) in [6.45, 7) is 0.115. The maximum atomic E-state index is 11.2. The number of nitrogens with two attached hydrogens (primary N) is 1. The highest BCUT2D eigenvalue weighted by molar-refractivity contribution is 5.81. The van der Waals surface area contributed by atoms with E-state index in [1.807, 2.05) is 30.3 Å². The summed E-state index contributed by atoms with van der Waals surface area (Å²) in [7, 11) is 0. The van der Waals surface area contributed by atoms with Crippen molar-refractivity contribution in [1.29, 1.82) is 0 Å². The van der Waals surface area contributed by atoms with E-state index in [1.165, 1.54) is 17.2 Å². The summed E-state index contributed by atoms with van der Waals surface area (Å²) < 4.78 is 7.21. The molecule has 0 spiro atoms. The predicted molar refractivity (Wildman–Crippen MR) is 96.5 cm³/mol. The first kappa shape index (κ1) is 17.8. The molecule has 4 atom stereocenters. The van der Waals surface area contributed by atoms with Crippen LogP contribution < -0.4 is 5.73 Å². The molecule has 2 heterocycles. The fraction of sp³-hybridized carbons (Fsp3) is 0.389. The smallest absolute Gasteiger partial charge is 0.165 e. The van der Waals surface area contributed by atoms with Gasteiger partial charge in [0.25, 0.3) is 0 Å². The molecule has 1 aromatic carbocycles. The molecule has 3 aromatic rings. The van der Waals surface area contributed by atoms with Gasteiger partial charge in [-0.25, -0.2) is 15.0 Å². The molecule has 1 fully saturated rings. The summed E-state index contributed by atoms with van der Waals surface area (Å²) in [5.41, 5.74) is 5.80. The van der Waals surface area contributed by atoms with Crippen molar-refractivity contribution in [2.24, 2.45) is 0 Å². The fourth-order valence-electron chi connectivity index (χ4n) is 3.68. The van der Waals surface area contributed by atoms with Crippen LogP contribution >= 0.6 is 0 Å². The lowest BCUT2D eigenvalue weighted by Crippen LogP contribution is -2.49. The number of imidazole rings is 1. The number of nitrogens with zero attached hydrogens (tertiary/aromatic N) is 4. The van der Waals surface area contributed by atoms with Gasteiger partial charge in [-0.2, -0.15) is 0 Å². The molecule has 27 heavy (non-hydrogen) atoms. The third kappa shape index (κ3) is 3.04. The highest BCUT2D eigenvalue weighted by Gasteiger charge is 2.55. The molecular weight excluding hydrogens is 350 g/mol. The number of nitrogen functional groups attached to an aromatic ring is 1. The number of benzene rings is 1. The molecule has 9 nitrogen and oxygen atoms in total. The second kappa shape index (κ2) is 6.86. The molecule has 0 bridgehead atoms. The molecule has 0 radical (unpaired) electrons. The highest BCUT2D eigenvalue weighted by Crippen LogP contribution is 2.41. The van der Waals surface area contributed by atoms with Gasteiger partial charge in [-0.3, -0.25) is 0 Å². The van der Waals surface area contributed by atoms with Crippen molar-refractivity contribution in [3.8, 4) is 0 Å². The zero-order chi connectivity index (χ0) is 19.0. The van der Waals surface area contributed by atoms with Gasteiger partial charge >= 0.3 is 0 Å². The number of hydrogen-bond donors (Lipinski definition) is 4. The third-order valence-electron chi connectivity index (χ3n) is 5.05. The van der Waals surface area contributed by atoms with Gasteiger partial charge in [0.2, 0.25) is 0 Å². The van der Waals surface area contributed by atoms with Gasteiger partial charge in [0, 0.05) is 6.42 Å². The summed E-state index contributed by atoms with van der Waals surface area (Å²) in [5.74, 6) is 0.204. The summed E-state index contributed by atoms with van der Waals surface area (Å²) in [4.78, 5) is 12.2. The van der Waals surface area contributed by atoms with E-state index in [-0.39, 0.29) is 25.5 Å². The van der Waals surface area contributed by atoms with E-state index >= 15 is 0 Å². The molecule has 1 saturated carbocycles. The number of aliphatic hydroxyl groups excluding tert-OH is 2. The van der Waals surface area contributed by atoms with E-state index in [9.17, 15) is 15.3 Å². The minimum Gasteiger partial charge on any atom is -0.391 e. The summed E-state index contributed by atoms with van der Waals surface area (Å²) in [6, 6.07) is 8.62. The lowest BCUT2D eigenvalue weighted by Gasteiger charge is -2.34. The van der Waals surface area contributed by atoms with E-state index in [0.29, 0.717) is 11.2 Å². The van der Waals surface area contributed by atoms with Crippen molar-refractivity contribution in [3.05, 3.63) is 48.5 Å². The lowest BCUT2D eigenvalue weighted by atomic mass is 9.95. The normalized spacial score (nSPS) is 28.0. The Morgan fingerprint density at radius 2 is 1.96 bits per heavy atom. The van der Waals surface area contributed by atoms with E-state index in [4.69, 9.17) is 10.5 Å². The number of fused-ring (bicyclic) bond motifs is 1. The zero-order valence-electron chi connectivity index (χ0n) is 14.5. The Morgan fingerprint density at radius 3 is 2.74 bits per heavy atom. The molecule has 0 aliphatic heterocycles. The second-order valence-electron chi connectivity index (χ2n) is 6.82. The molecule has 4 rings (SSSR count). The van der Waals surface area contributed by atoms with Crippen LogP contribution in [-0.2, 0) is 11.3 Å². The first-order chi connectivity index (χ1) is 13.0. The van der Waals surface area contributed by atoms with Crippen LogP contribution in [0.2, 0.25) is 0 Å². The van der Waals surface area contributed by atoms with Crippen LogP contribution in [-0.4, -0.2) is 59.3 Å². The third-order valence-corrected chi connectivity index (χ3v) is 5.05. The highest BCUT2D eigenvalue weighted by atomic mass is 16.5. The minimum absolute atomic E-state index is 0.0100. The van der Waals surface area contributed by atoms with Crippen LogP contribution in [0.3, 0.4) is 0 Å². The molecule has 142 valence electrons. The first-order valence-electron chi connectivity index (χ1n) is 8.64. The maximum Gasteiger partial charge on any atom is 0.165 e. The Morgan fingerprint density at radius 1 is 1.19 bits per heavy atom. The number of aliphatic hydroxyl groups is 3. The number of rotatable bonds is 5. The van der Waals surface area contributed by atoms with Gasteiger partial charge in [-0.1, -0.05) is 30.3 Å².